The van der Waals surface area contributed by atoms with E-state index in [1.54, 1.807) is 0 Å². The largest absolute Gasteiger partial charge is 0.328 e. The van der Waals surface area contributed by atoms with Crippen LogP contribution in [0.3, 0.4) is 0 Å². The maximum atomic E-state index is 11.9. The van der Waals surface area contributed by atoms with E-state index in [0.29, 0.717) is 0 Å². The van der Waals surface area contributed by atoms with Gasteiger partial charge in [-0.2, -0.15) is 0 Å². The maximum Gasteiger partial charge on any atom is 0.0558 e. The summed E-state index contributed by atoms with van der Waals surface area (Å²) in [6, 6.07) is 9.65. The summed E-state index contributed by atoms with van der Waals surface area (Å²) in [5.74, 6) is 0. The average Bonchev–Trinajstić information content (AvgIpc) is 2.17. The molecule has 0 radical (unpaired) electrons. The highest BCUT2D eigenvalue weighted by Crippen LogP contribution is 2.13. The van der Waals surface area contributed by atoms with Gasteiger partial charge < -0.3 is 5.73 Å². The molecule has 2 nitrogen and oxygen atoms in total. The molecule has 78 valence electrons. The van der Waals surface area contributed by atoms with Crippen LogP contribution in [0, 0.1) is 0 Å². The maximum absolute atomic E-state index is 11.9. The molecule has 0 amide bonds. The SMILES string of the molecule is CC(N)CC(C)S(=O)c1ccccc1. The van der Waals surface area contributed by atoms with E-state index in [1.807, 2.05) is 44.2 Å². The summed E-state index contributed by atoms with van der Waals surface area (Å²) in [7, 11) is -0.929. The number of benzene rings is 1. The van der Waals surface area contributed by atoms with Crippen LogP contribution in [-0.2, 0) is 10.8 Å². The fourth-order valence-electron chi connectivity index (χ4n) is 1.40. The Morgan fingerprint density at radius 3 is 2.36 bits per heavy atom. The Morgan fingerprint density at radius 1 is 1.29 bits per heavy atom. The van der Waals surface area contributed by atoms with Gasteiger partial charge in [0, 0.05) is 16.2 Å². The molecule has 0 aliphatic heterocycles. The molecule has 3 unspecified atom stereocenters. The van der Waals surface area contributed by atoms with Gasteiger partial charge in [-0.1, -0.05) is 25.1 Å². The van der Waals surface area contributed by atoms with Crippen LogP contribution in [-0.4, -0.2) is 15.5 Å². The van der Waals surface area contributed by atoms with E-state index >= 15 is 0 Å². The van der Waals surface area contributed by atoms with Gasteiger partial charge in [0.1, 0.15) is 0 Å². The molecule has 0 spiro atoms. The summed E-state index contributed by atoms with van der Waals surface area (Å²) in [5, 5.41) is 0.123. The van der Waals surface area contributed by atoms with Crippen LogP contribution in [0.25, 0.3) is 0 Å². The lowest BCUT2D eigenvalue weighted by molar-refractivity contribution is 0.628. The molecule has 0 saturated heterocycles. The molecule has 14 heavy (non-hydrogen) atoms. The number of rotatable bonds is 4. The molecule has 1 rings (SSSR count). The molecule has 0 fully saturated rings. The van der Waals surface area contributed by atoms with Crippen LogP contribution in [0.1, 0.15) is 20.3 Å². The molecule has 0 heterocycles. The van der Waals surface area contributed by atoms with Crippen LogP contribution in [0.4, 0.5) is 0 Å². The molecule has 1 aromatic carbocycles. The molecule has 3 heteroatoms. The van der Waals surface area contributed by atoms with Gasteiger partial charge in [0.25, 0.3) is 0 Å². The first kappa shape index (κ1) is 11.4. The van der Waals surface area contributed by atoms with Crippen molar-refractivity contribution in [3.05, 3.63) is 30.3 Å². The molecule has 0 aromatic heterocycles. The minimum atomic E-state index is -0.929. The Kier molecular flexibility index (Phi) is 4.29. The highest BCUT2D eigenvalue weighted by Gasteiger charge is 2.14. The molecule has 2 N–H and O–H groups in total. The summed E-state index contributed by atoms with van der Waals surface area (Å²) in [6.45, 7) is 3.92. The lowest BCUT2D eigenvalue weighted by Gasteiger charge is -2.13. The van der Waals surface area contributed by atoms with Gasteiger partial charge in [0.15, 0.2) is 0 Å². The standard InChI is InChI=1S/C11H17NOS/c1-9(12)8-10(2)14(13)11-6-4-3-5-7-11/h3-7,9-10H,8,12H2,1-2H3. The highest BCUT2D eigenvalue weighted by atomic mass is 32.2. The number of hydrogen-bond donors (Lipinski definition) is 1. The van der Waals surface area contributed by atoms with E-state index in [4.69, 9.17) is 5.73 Å². The summed E-state index contributed by atoms with van der Waals surface area (Å²) in [6.07, 6.45) is 0.793. The zero-order chi connectivity index (χ0) is 10.6. The third kappa shape index (κ3) is 3.24. The van der Waals surface area contributed by atoms with Crippen molar-refractivity contribution in [1.29, 1.82) is 0 Å². The van der Waals surface area contributed by atoms with Gasteiger partial charge in [-0.05, 0) is 25.5 Å². The first-order valence-corrected chi connectivity index (χ1v) is 6.03. The van der Waals surface area contributed by atoms with Crippen LogP contribution >= 0.6 is 0 Å². The third-order valence-corrected chi connectivity index (χ3v) is 3.70. The van der Waals surface area contributed by atoms with Gasteiger partial charge in [0.05, 0.1) is 10.8 Å². The van der Waals surface area contributed by atoms with Crippen LogP contribution in [0.15, 0.2) is 35.2 Å². The normalized spacial score (nSPS) is 17.4. The highest BCUT2D eigenvalue weighted by molar-refractivity contribution is 7.85. The van der Waals surface area contributed by atoms with Crippen molar-refractivity contribution in [3.8, 4) is 0 Å². The molecule has 0 saturated carbocycles. The number of nitrogens with two attached hydrogens (primary N) is 1. The van der Waals surface area contributed by atoms with Gasteiger partial charge in [0.2, 0.25) is 0 Å². The summed E-state index contributed by atoms with van der Waals surface area (Å²) in [4.78, 5) is 0.889. The summed E-state index contributed by atoms with van der Waals surface area (Å²) in [5.41, 5.74) is 5.67. The second-order valence-corrected chi connectivity index (χ2v) is 5.51. The van der Waals surface area contributed by atoms with Crippen molar-refractivity contribution in [3.63, 3.8) is 0 Å². The van der Waals surface area contributed by atoms with E-state index < -0.39 is 10.8 Å². The predicted octanol–water partition coefficient (Wildman–Crippen LogP) is 1.92. The zero-order valence-corrected chi connectivity index (χ0v) is 9.46. The van der Waals surface area contributed by atoms with Gasteiger partial charge in [-0.3, -0.25) is 4.21 Å². The van der Waals surface area contributed by atoms with Crippen LogP contribution < -0.4 is 5.73 Å². The molecule has 3 atom stereocenters. The van der Waals surface area contributed by atoms with Gasteiger partial charge in [-0.15, -0.1) is 0 Å². The lowest BCUT2D eigenvalue weighted by atomic mass is 10.2. The molecule has 0 aliphatic rings. The third-order valence-electron chi connectivity index (χ3n) is 2.04. The summed E-state index contributed by atoms with van der Waals surface area (Å²) < 4.78 is 11.9. The Morgan fingerprint density at radius 2 is 1.86 bits per heavy atom. The van der Waals surface area contributed by atoms with Crippen molar-refractivity contribution in [2.45, 2.75) is 36.5 Å². The Hall–Kier alpha value is -0.670. The quantitative estimate of drug-likeness (QED) is 0.827. The molecule has 0 bridgehead atoms. The van der Waals surface area contributed by atoms with Crippen molar-refractivity contribution < 1.29 is 4.21 Å². The first-order chi connectivity index (χ1) is 6.61. The molecular weight excluding hydrogens is 194 g/mol. The molecule has 0 aliphatic carbocycles. The Labute approximate surface area is 88.0 Å². The van der Waals surface area contributed by atoms with Gasteiger partial charge in [-0.25, -0.2) is 0 Å². The van der Waals surface area contributed by atoms with E-state index in [9.17, 15) is 4.21 Å². The van der Waals surface area contributed by atoms with Gasteiger partial charge >= 0.3 is 0 Å². The molecular formula is C11H17NOS. The predicted molar refractivity (Wildman–Crippen MR) is 60.6 cm³/mol. The van der Waals surface area contributed by atoms with Crippen molar-refractivity contribution in [2.75, 3.05) is 0 Å². The van der Waals surface area contributed by atoms with E-state index in [2.05, 4.69) is 0 Å². The summed E-state index contributed by atoms with van der Waals surface area (Å²) >= 11 is 0. The second kappa shape index (κ2) is 5.27. The van der Waals surface area contributed by atoms with Crippen molar-refractivity contribution in [2.24, 2.45) is 5.73 Å². The van der Waals surface area contributed by atoms with Crippen LogP contribution in [0.5, 0.6) is 0 Å². The minimum Gasteiger partial charge on any atom is -0.328 e. The smallest absolute Gasteiger partial charge is 0.0558 e. The minimum absolute atomic E-state index is 0.109. The fourth-order valence-corrected chi connectivity index (χ4v) is 2.77. The monoisotopic (exact) mass is 211 g/mol. The Bertz CT molecular complexity index is 297. The van der Waals surface area contributed by atoms with Crippen LogP contribution in [0.2, 0.25) is 0 Å². The topological polar surface area (TPSA) is 43.1 Å². The lowest BCUT2D eigenvalue weighted by Crippen LogP contribution is -2.23. The van der Waals surface area contributed by atoms with E-state index in [-0.39, 0.29) is 11.3 Å². The Balaban J connectivity index is 2.66. The number of hydrogen-bond acceptors (Lipinski definition) is 2. The van der Waals surface area contributed by atoms with E-state index in [0.717, 1.165) is 11.3 Å². The van der Waals surface area contributed by atoms with E-state index in [1.165, 1.54) is 0 Å². The van der Waals surface area contributed by atoms with Crippen molar-refractivity contribution >= 4 is 10.8 Å². The molecule has 1 aromatic rings. The fraction of sp³-hybridized carbons (Fsp3) is 0.455. The second-order valence-electron chi connectivity index (χ2n) is 3.63. The zero-order valence-electron chi connectivity index (χ0n) is 8.64. The average molecular weight is 211 g/mol. The van der Waals surface area contributed by atoms with Crippen molar-refractivity contribution in [1.82, 2.24) is 0 Å². The first-order valence-electron chi connectivity index (χ1n) is 4.82.